The van der Waals surface area contributed by atoms with Crippen LogP contribution in [0.5, 0.6) is 0 Å². The Morgan fingerprint density at radius 2 is 1.34 bits per heavy atom. The summed E-state index contributed by atoms with van der Waals surface area (Å²) in [6.45, 7) is 7.75. The van der Waals surface area contributed by atoms with E-state index in [1.807, 2.05) is 20.8 Å². The van der Waals surface area contributed by atoms with Gasteiger partial charge in [0.1, 0.15) is 5.60 Å². The molecule has 1 aliphatic carbocycles. The second kappa shape index (κ2) is 10.1. The van der Waals surface area contributed by atoms with Crippen molar-refractivity contribution in [1.29, 1.82) is 0 Å². The van der Waals surface area contributed by atoms with E-state index in [1.54, 1.807) is 0 Å². The summed E-state index contributed by atoms with van der Waals surface area (Å²) in [5, 5.41) is 0. The van der Waals surface area contributed by atoms with Crippen LogP contribution < -0.4 is 0 Å². The van der Waals surface area contributed by atoms with Crippen molar-refractivity contribution in [1.82, 2.24) is 4.90 Å². The molecule has 0 bridgehead atoms. The smallest absolute Gasteiger partial charge is 0.306 e. The van der Waals surface area contributed by atoms with E-state index >= 15 is 0 Å². The molecule has 0 heterocycles. The van der Waals surface area contributed by atoms with E-state index < -0.39 is 5.60 Å². The van der Waals surface area contributed by atoms with Gasteiger partial charge in [-0.3, -0.25) is 9.69 Å². The van der Waals surface area contributed by atoms with Gasteiger partial charge in [-0.2, -0.15) is 0 Å². The highest BCUT2D eigenvalue weighted by Crippen LogP contribution is 2.32. The van der Waals surface area contributed by atoms with Gasteiger partial charge in [0.15, 0.2) is 0 Å². The minimum Gasteiger partial charge on any atom is -0.460 e. The third-order valence-corrected chi connectivity index (χ3v) is 5.67. The first-order chi connectivity index (χ1) is 13.9. The molecule has 29 heavy (non-hydrogen) atoms. The van der Waals surface area contributed by atoms with E-state index in [9.17, 15) is 4.79 Å². The van der Waals surface area contributed by atoms with Crippen LogP contribution in [-0.4, -0.2) is 22.5 Å². The molecule has 0 unspecified atom stereocenters. The van der Waals surface area contributed by atoms with Crippen molar-refractivity contribution in [3.05, 3.63) is 71.8 Å². The van der Waals surface area contributed by atoms with E-state index in [0.29, 0.717) is 18.4 Å². The lowest BCUT2D eigenvalue weighted by molar-refractivity contribution is -0.156. The fraction of sp³-hybridized carbons (Fsp3) is 0.500. The summed E-state index contributed by atoms with van der Waals surface area (Å²) >= 11 is 0. The number of benzene rings is 2. The molecule has 0 atom stereocenters. The number of carbonyl (C=O) groups is 1. The van der Waals surface area contributed by atoms with Gasteiger partial charge in [0, 0.05) is 25.6 Å². The highest BCUT2D eigenvalue weighted by Gasteiger charge is 2.28. The molecule has 0 spiro atoms. The molecule has 0 N–H and O–H groups in total. The van der Waals surface area contributed by atoms with Crippen LogP contribution in [0.4, 0.5) is 0 Å². The second-order valence-corrected chi connectivity index (χ2v) is 9.34. The molecule has 1 fully saturated rings. The first kappa shape index (κ1) is 21.6. The van der Waals surface area contributed by atoms with Gasteiger partial charge in [0.05, 0.1) is 0 Å². The molecule has 0 amide bonds. The standard InChI is InChI=1S/C26H35NO2/c1-26(2,3)29-25(28)18-21-14-16-24(17-15-21)27(19-22-10-6-4-7-11-22)20-23-12-8-5-9-13-23/h4-13,21,24H,14-20H2,1-3H3. The van der Waals surface area contributed by atoms with Crippen molar-refractivity contribution >= 4 is 5.97 Å². The molecule has 0 radical (unpaired) electrons. The molecule has 3 nitrogen and oxygen atoms in total. The Bertz CT molecular complexity index is 702. The third-order valence-electron chi connectivity index (χ3n) is 5.67. The molecule has 1 aliphatic rings. The molecule has 3 rings (SSSR count). The van der Waals surface area contributed by atoms with Crippen molar-refractivity contribution in [2.24, 2.45) is 5.92 Å². The lowest BCUT2D eigenvalue weighted by atomic mass is 9.83. The number of carbonyl (C=O) groups excluding carboxylic acids is 1. The summed E-state index contributed by atoms with van der Waals surface area (Å²) < 4.78 is 5.52. The molecule has 0 saturated heterocycles. The quantitative estimate of drug-likeness (QED) is 0.542. The molecular formula is C26H35NO2. The zero-order valence-electron chi connectivity index (χ0n) is 18.1. The Labute approximate surface area is 176 Å². The minimum atomic E-state index is -0.392. The summed E-state index contributed by atoms with van der Waals surface area (Å²) in [4.78, 5) is 14.8. The number of rotatable bonds is 7. The van der Waals surface area contributed by atoms with Gasteiger partial charge in [-0.15, -0.1) is 0 Å². The number of hydrogen-bond donors (Lipinski definition) is 0. The van der Waals surface area contributed by atoms with E-state index in [4.69, 9.17) is 4.74 Å². The van der Waals surface area contributed by atoms with E-state index in [2.05, 4.69) is 65.6 Å². The molecule has 2 aromatic carbocycles. The average Bonchev–Trinajstić information content (AvgIpc) is 2.68. The van der Waals surface area contributed by atoms with Gasteiger partial charge >= 0.3 is 5.97 Å². The second-order valence-electron chi connectivity index (χ2n) is 9.34. The van der Waals surface area contributed by atoms with Crippen molar-refractivity contribution in [3.8, 4) is 0 Å². The maximum absolute atomic E-state index is 12.2. The summed E-state index contributed by atoms with van der Waals surface area (Å²) in [5.74, 6) is 0.405. The van der Waals surface area contributed by atoms with Crippen LogP contribution in [0.2, 0.25) is 0 Å². The Kier molecular flexibility index (Phi) is 7.49. The fourth-order valence-corrected chi connectivity index (χ4v) is 4.28. The molecule has 0 aliphatic heterocycles. The van der Waals surface area contributed by atoms with Gasteiger partial charge in [0.2, 0.25) is 0 Å². The first-order valence-electron chi connectivity index (χ1n) is 10.9. The number of ether oxygens (including phenoxy) is 1. The zero-order valence-corrected chi connectivity index (χ0v) is 18.1. The van der Waals surface area contributed by atoms with E-state index in [1.165, 1.54) is 11.1 Å². The summed E-state index contributed by atoms with van der Waals surface area (Å²) in [6, 6.07) is 22.0. The normalized spacial score (nSPS) is 19.9. The van der Waals surface area contributed by atoms with Gasteiger partial charge in [-0.05, 0) is 63.5 Å². The van der Waals surface area contributed by atoms with Crippen LogP contribution in [0.1, 0.15) is 64.0 Å². The van der Waals surface area contributed by atoms with Gasteiger partial charge in [-0.1, -0.05) is 60.7 Å². The van der Waals surface area contributed by atoms with Crippen LogP contribution in [0.3, 0.4) is 0 Å². The summed E-state index contributed by atoms with van der Waals surface area (Å²) in [7, 11) is 0. The fourth-order valence-electron chi connectivity index (χ4n) is 4.28. The van der Waals surface area contributed by atoms with Crippen LogP contribution in [0.25, 0.3) is 0 Å². The molecule has 1 saturated carbocycles. The molecule has 0 aromatic heterocycles. The number of hydrogen-bond acceptors (Lipinski definition) is 3. The van der Waals surface area contributed by atoms with E-state index in [0.717, 1.165) is 38.8 Å². The minimum absolute atomic E-state index is 0.0497. The largest absolute Gasteiger partial charge is 0.460 e. The average molecular weight is 394 g/mol. The van der Waals surface area contributed by atoms with Crippen LogP contribution >= 0.6 is 0 Å². The zero-order chi connectivity index (χ0) is 20.7. The van der Waals surface area contributed by atoms with Crippen molar-refractivity contribution < 1.29 is 9.53 Å². The predicted octanol–water partition coefficient (Wildman–Crippen LogP) is 5.98. The van der Waals surface area contributed by atoms with Crippen molar-refractivity contribution in [3.63, 3.8) is 0 Å². The van der Waals surface area contributed by atoms with E-state index in [-0.39, 0.29) is 5.97 Å². The lowest BCUT2D eigenvalue weighted by Crippen LogP contribution is -2.37. The maximum atomic E-state index is 12.2. The SMILES string of the molecule is CC(C)(C)OC(=O)CC1CCC(N(Cc2ccccc2)Cc2ccccc2)CC1. The van der Waals surface area contributed by atoms with Crippen LogP contribution in [-0.2, 0) is 22.6 Å². The maximum Gasteiger partial charge on any atom is 0.306 e. The summed E-state index contributed by atoms with van der Waals surface area (Å²) in [6.07, 6.45) is 5.05. The Balaban J connectivity index is 1.59. The first-order valence-corrected chi connectivity index (χ1v) is 10.9. The number of esters is 1. The van der Waals surface area contributed by atoms with Gasteiger partial charge < -0.3 is 4.74 Å². The van der Waals surface area contributed by atoms with Crippen LogP contribution in [0.15, 0.2) is 60.7 Å². The molecular weight excluding hydrogens is 358 g/mol. The Morgan fingerprint density at radius 3 is 1.79 bits per heavy atom. The monoisotopic (exact) mass is 393 g/mol. The highest BCUT2D eigenvalue weighted by molar-refractivity contribution is 5.70. The predicted molar refractivity (Wildman–Crippen MR) is 118 cm³/mol. The topological polar surface area (TPSA) is 29.5 Å². The Morgan fingerprint density at radius 1 is 0.862 bits per heavy atom. The third kappa shape index (κ3) is 7.32. The molecule has 3 heteroatoms. The molecule has 156 valence electrons. The van der Waals surface area contributed by atoms with Crippen LogP contribution in [0, 0.1) is 5.92 Å². The highest BCUT2D eigenvalue weighted by atomic mass is 16.6. The lowest BCUT2D eigenvalue weighted by Gasteiger charge is -2.37. The Hall–Kier alpha value is -2.13. The number of nitrogens with zero attached hydrogens (tertiary/aromatic N) is 1. The van der Waals surface area contributed by atoms with Crippen molar-refractivity contribution in [2.45, 2.75) is 77.6 Å². The molecule has 2 aromatic rings. The van der Waals surface area contributed by atoms with Gasteiger partial charge in [0.25, 0.3) is 0 Å². The summed E-state index contributed by atoms with van der Waals surface area (Å²) in [5.41, 5.74) is 2.33. The van der Waals surface area contributed by atoms with Gasteiger partial charge in [-0.25, -0.2) is 0 Å². The van der Waals surface area contributed by atoms with Crippen molar-refractivity contribution in [2.75, 3.05) is 0 Å².